The molecule has 1 fully saturated rings. The van der Waals surface area contributed by atoms with Gasteiger partial charge in [0.15, 0.2) is 5.16 Å². The monoisotopic (exact) mass is 405 g/mol. The number of thiophene rings is 1. The lowest BCUT2D eigenvalue weighted by Crippen LogP contribution is -2.03. The fourth-order valence-electron chi connectivity index (χ4n) is 2.57. The number of thioether (sulfide) groups is 1. The second-order valence-electron chi connectivity index (χ2n) is 5.67. The Hall–Kier alpha value is -1.11. The van der Waals surface area contributed by atoms with Crippen molar-refractivity contribution < 1.29 is 0 Å². The second-order valence-corrected chi connectivity index (χ2v) is 8.57. The zero-order chi connectivity index (χ0) is 15.6. The van der Waals surface area contributed by atoms with Gasteiger partial charge in [0, 0.05) is 27.6 Å². The van der Waals surface area contributed by atoms with Crippen LogP contribution in [0.3, 0.4) is 0 Å². The molecule has 1 aliphatic carbocycles. The zero-order valence-corrected chi connectivity index (χ0v) is 15.7. The summed E-state index contributed by atoms with van der Waals surface area (Å²) in [5, 5.41) is 12.1. The highest BCUT2D eigenvalue weighted by molar-refractivity contribution is 9.10. The van der Waals surface area contributed by atoms with Crippen LogP contribution in [0, 0.1) is 0 Å². The molecule has 0 aliphatic heterocycles. The first-order valence-corrected chi connectivity index (χ1v) is 10.3. The van der Waals surface area contributed by atoms with Gasteiger partial charge in [0.1, 0.15) is 5.82 Å². The van der Waals surface area contributed by atoms with Crippen molar-refractivity contribution in [3.8, 4) is 0 Å². The number of nitrogens with zero attached hydrogens (tertiary/aromatic N) is 3. The molecule has 0 saturated heterocycles. The lowest BCUT2D eigenvalue weighted by atomic mass is 10.2. The highest BCUT2D eigenvalue weighted by Crippen LogP contribution is 2.39. The molecule has 0 atom stereocenters. The molecule has 1 saturated carbocycles. The first kappa shape index (κ1) is 15.4. The molecule has 1 aromatic carbocycles. The van der Waals surface area contributed by atoms with Crippen molar-refractivity contribution in [3.05, 3.63) is 62.5 Å². The van der Waals surface area contributed by atoms with Gasteiger partial charge < -0.3 is 4.57 Å². The molecule has 0 unspecified atom stereocenters. The Labute approximate surface area is 152 Å². The highest BCUT2D eigenvalue weighted by atomic mass is 79.9. The van der Waals surface area contributed by atoms with Crippen LogP contribution in [-0.4, -0.2) is 14.8 Å². The lowest BCUT2D eigenvalue weighted by molar-refractivity contribution is 0.635. The molecule has 6 heteroatoms. The largest absolute Gasteiger partial charge is 0.303 e. The molecule has 0 bridgehead atoms. The van der Waals surface area contributed by atoms with E-state index in [0.717, 1.165) is 27.6 Å². The van der Waals surface area contributed by atoms with E-state index in [1.54, 1.807) is 23.1 Å². The van der Waals surface area contributed by atoms with Crippen molar-refractivity contribution in [1.82, 2.24) is 14.8 Å². The second kappa shape index (κ2) is 6.79. The first-order valence-electron chi connectivity index (χ1n) is 7.63. The van der Waals surface area contributed by atoms with E-state index >= 15 is 0 Å². The third-order valence-corrected chi connectivity index (χ3v) is 6.20. The summed E-state index contributed by atoms with van der Waals surface area (Å²) in [4.78, 5) is 1.35. The average molecular weight is 406 g/mol. The van der Waals surface area contributed by atoms with Crippen LogP contribution in [0.1, 0.15) is 35.1 Å². The molecular formula is C17H16BrN3S2. The van der Waals surface area contributed by atoms with Crippen molar-refractivity contribution in [3.63, 3.8) is 0 Å². The van der Waals surface area contributed by atoms with Gasteiger partial charge >= 0.3 is 0 Å². The molecule has 0 radical (unpaired) electrons. The third-order valence-electron chi connectivity index (χ3n) is 3.82. The molecule has 2 heterocycles. The molecule has 1 aliphatic rings. The Morgan fingerprint density at radius 3 is 2.87 bits per heavy atom. The van der Waals surface area contributed by atoms with Gasteiger partial charge in [0.25, 0.3) is 0 Å². The van der Waals surface area contributed by atoms with E-state index in [-0.39, 0.29) is 0 Å². The maximum atomic E-state index is 4.47. The smallest absolute Gasteiger partial charge is 0.191 e. The molecule has 0 amide bonds. The maximum absolute atomic E-state index is 4.47. The van der Waals surface area contributed by atoms with Crippen molar-refractivity contribution in [2.24, 2.45) is 0 Å². The zero-order valence-electron chi connectivity index (χ0n) is 12.5. The van der Waals surface area contributed by atoms with Gasteiger partial charge in [0.2, 0.25) is 0 Å². The first-order chi connectivity index (χ1) is 11.3. The van der Waals surface area contributed by atoms with Crippen LogP contribution < -0.4 is 0 Å². The van der Waals surface area contributed by atoms with Crippen molar-refractivity contribution in [2.45, 2.75) is 36.2 Å². The lowest BCUT2D eigenvalue weighted by Gasteiger charge is -2.08. The minimum absolute atomic E-state index is 0.602. The summed E-state index contributed by atoms with van der Waals surface area (Å²) in [5.41, 5.74) is 1.30. The number of benzene rings is 1. The molecule has 3 aromatic rings. The van der Waals surface area contributed by atoms with Crippen LogP contribution in [-0.2, 0) is 12.2 Å². The number of hydrogen-bond donors (Lipinski definition) is 0. The molecule has 0 N–H and O–H groups in total. The van der Waals surface area contributed by atoms with E-state index in [2.05, 4.69) is 72.5 Å². The fourth-order valence-corrected chi connectivity index (χ4v) is 4.69. The Morgan fingerprint density at radius 1 is 1.22 bits per heavy atom. The number of hydrogen-bond acceptors (Lipinski definition) is 4. The van der Waals surface area contributed by atoms with Gasteiger partial charge in [-0.1, -0.05) is 45.9 Å². The summed E-state index contributed by atoms with van der Waals surface area (Å²) in [6.07, 6.45) is 3.39. The number of rotatable bonds is 6. The predicted molar refractivity (Wildman–Crippen MR) is 99.1 cm³/mol. The Bertz CT molecular complexity index is 794. The molecule has 23 heavy (non-hydrogen) atoms. The van der Waals surface area contributed by atoms with Crippen LogP contribution in [0.4, 0.5) is 0 Å². The molecule has 4 rings (SSSR count). The summed E-state index contributed by atoms with van der Waals surface area (Å²) in [7, 11) is 0. The van der Waals surface area contributed by atoms with E-state index in [4.69, 9.17) is 0 Å². The minimum atomic E-state index is 0.602. The van der Waals surface area contributed by atoms with Crippen LogP contribution in [0.2, 0.25) is 0 Å². The Balaban J connectivity index is 1.53. The summed E-state index contributed by atoms with van der Waals surface area (Å²) < 4.78 is 3.49. The third kappa shape index (κ3) is 3.70. The van der Waals surface area contributed by atoms with Crippen LogP contribution >= 0.6 is 39.0 Å². The molecule has 0 spiro atoms. The Kier molecular flexibility index (Phi) is 4.55. The van der Waals surface area contributed by atoms with Crippen molar-refractivity contribution >= 4 is 39.0 Å². The topological polar surface area (TPSA) is 30.7 Å². The quantitative estimate of drug-likeness (QED) is 0.519. The van der Waals surface area contributed by atoms with Gasteiger partial charge in [-0.2, -0.15) is 0 Å². The van der Waals surface area contributed by atoms with Gasteiger partial charge in [0.05, 0.1) is 0 Å². The van der Waals surface area contributed by atoms with E-state index in [0.29, 0.717) is 6.04 Å². The van der Waals surface area contributed by atoms with Gasteiger partial charge in [-0.15, -0.1) is 21.5 Å². The summed E-state index contributed by atoms with van der Waals surface area (Å²) in [5.74, 6) is 2.02. The van der Waals surface area contributed by atoms with Gasteiger partial charge in [-0.3, -0.25) is 0 Å². The molecule has 2 aromatic heterocycles. The summed E-state index contributed by atoms with van der Waals surface area (Å²) >= 11 is 7.10. The van der Waals surface area contributed by atoms with Crippen LogP contribution in [0.25, 0.3) is 0 Å². The highest BCUT2D eigenvalue weighted by Gasteiger charge is 2.29. The Morgan fingerprint density at radius 2 is 2.13 bits per heavy atom. The molecule has 3 nitrogen and oxygen atoms in total. The van der Waals surface area contributed by atoms with E-state index in [1.165, 1.54) is 23.3 Å². The number of aromatic nitrogens is 3. The normalized spacial score (nSPS) is 14.3. The van der Waals surface area contributed by atoms with Crippen LogP contribution in [0.15, 0.2) is 51.4 Å². The summed E-state index contributed by atoms with van der Waals surface area (Å²) in [6.45, 7) is 0. The average Bonchev–Trinajstić information content (AvgIpc) is 3.10. The van der Waals surface area contributed by atoms with Crippen molar-refractivity contribution in [2.75, 3.05) is 0 Å². The minimum Gasteiger partial charge on any atom is -0.303 e. The standard InChI is InChI=1S/C17H16BrN3S2/c18-13-4-1-3-12(9-13)11-23-17-20-19-16(21(17)14-6-7-14)10-15-5-2-8-22-15/h1-5,8-9,14H,6-7,10-11H2. The number of halogens is 1. The predicted octanol–water partition coefficient (Wildman–Crippen LogP) is 5.32. The van der Waals surface area contributed by atoms with E-state index in [9.17, 15) is 0 Å². The van der Waals surface area contributed by atoms with Crippen molar-refractivity contribution in [1.29, 1.82) is 0 Å². The van der Waals surface area contributed by atoms with Gasteiger partial charge in [-0.25, -0.2) is 0 Å². The van der Waals surface area contributed by atoms with E-state index < -0.39 is 0 Å². The fraction of sp³-hybridized carbons (Fsp3) is 0.294. The van der Waals surface area contributed by atoms with Crippen LogP contribution in [0.5, 0.6) is 0 Å². The maximum Gasteiger partial charge on any atom is 0.191 e. The summed E-state index contributed by atoms with van der Waals surface area (Å²) in [6, 6.07) is 13.3. The van der Waals surface area contributed by atoms with Gasteiger partial charge in [-0.05, 0) is 42.0 Å². The molecular weight excluding hydrogens is 390 g/mol. The molecule has 118 valence electrons. The SMILES string of the molecule is Brc1cccc(CSc2nnc(Cc3cccs3)n2C2CC2)c1. The van der Waals surface area contributed by atoms with E-state index in [1.807, 2.05) is 0 Å².